The van der Waals surface area contributed by atoms with Crippen molar-refractivity contribution in [1.29, 1.82) is 5.26 Å². The summed E-state index contributed by atoms with van der Waals surface area (Å²) in [5.41, 5.74) is 3.78. The summed E-state index contributed by atoms with van der Waals surface area (Å²) in [4.78, 5) is 12.7. The lowest BCUT2D eigenvalue weighted by atomic mass is 10.1. The number of nitriles is 1. The molecule has 0 saturated carbocycles. The molecular weight excluding hydrogens is 662 g/mol. The maximum atomic E-state index is 12.7. The average molecular weight is 684 g/mol. The largest absolute Gasteiger partial charge is 0.487 e. The second-order valence-corrected chi connectivity index (χ2v) is 10.2. The van der Waals surface area contributed by atoms with Gasteiger partial charge in [0.1, 0.15) is 24.0 Å². The van der Waals surface area contributed by atoms with Gasteiger partial charge in [0.15, 0.2) is 0 Å². The highest BCUT2D eigenvalue weighted by Crippen LogP contribution is 2.31. The van der Waals surface area contributed by atoms with Gasteiger partial charge < -0.3 is 10.1 Å². The molecule has 0 spiro atoms. The molecule has 6 heteroatoms. The highest BCUT2D eigenvalue weighted by Gasteiger charge is 2.13. The molecule has 4 aromatic carbocycles. The minimum absolute atomic E-state index is 0.0422. The minimum atomic E-state index is -0.432. The average Bonchev–Trinajstić information content (AvgIpc) is 2.87. The number of hydrogen-bond acceptors (Lipinski definition) is 3. The van der Waals surface area contributed by atoms with E-state index in [2.05, 4.69) is 81.7 Å². The normalized spacial score (nSPS) is 11.2. The molecule has 1 N–H and O–H groups in total. The van der Waals surface area contributed by atoms with Crippen molar-refractivity contribution in [1.82, 2.24) is 0 Å². The first-order valence-electron chi connectivity index (χ1n) is 11.1. The van der Waals surface area contributed by atoms with Crippen LogP contribution in [0, 0.1) is 18.5 Å². The Hall–Kier alpha value is -2.90. The van der Waals surface area contributed by atoms with Gasteiger partial charge in [-0.2, -0.15) is 5.26 Å². The van der Waals surface area contributed by atoms with Gasteiger partial charge in [-0.1, -0.05) is 61.5 Å². The summed E-state index contributed by atoms with van der Waals surface area (Å²) < 4.78 is 8.04. The maximum Gasteiger partial charge on any atom is 0.266 e. The Morgan fingerprint density at radius 3 is 2.37 bits per heavy atom. The number of ether oxygens (including phenoxy) is 1. The van der Waals surface area contributed by atoms with E-state index < -0.39 is 5.91 Å². The van der Waals surface area contributed by atoms with E-state index in [0.29, 0.717) is 12.3 Å². The molecule has 0 atom stereocenters. The van der Waals surface area contributed by atoms with Crippen molar-refractivity contribution >= 4 is 73.6 Å². The van der Waals surface area contributed by atoms with Crippen molar-refractivity contribution in [2.45, 2.75) is 20.0 Å². The topological polar surface area (TPSA) is 62.1 Å². The Bertz CT molecular complexity index is 1430. The molecule has 0 aliphatic rings. The Morgan fingerprint density at radius 2 is 1.69 bits per heavy atom. The van der Waals surface area contributed by atoms with Gasteiger partial charge in [0.25, 0.3) is 5.91 Å². The van der Waals surface area contributed by atoms with E-state index in [1.54, 1.807) is 6.08 Å². The molecule has 0 aliphatic carbocycles. The molecule has 4 aromatic rings. The van der Waals surface area contributed by atoms with Crippen LogP contribution < -0.4 is 10.1 Å². The molecule has 0 heterocycles. The molecule has 35 heavy (non-hydrogen) atoms. The molecule has 0 fully saturated rings. The number of halogens is 2. The monoisotopic (exact) mass is 684 g/mol. The SMILES string of the molecule is CCc1ccc(NC(=O)/C(C#N)=C/c2cc(I)c(OCc3cccc4ccccc34)c(I)c2)cc1. The number of fused-ring (bicyclic) bond motifs is 1. The number of carbonyl (C=O) groups excluding carboxylic acids is 1. The number of rotatable bonds is 7. The fourth-order valence-electron chi connectivity index (χ4n) is 3.71. The summed E-state index contributed by atoms with van der Waals surface area (Å²) in [5, 5.41) is 14.8. The van der Waals surface area contributed by atoms with Crippen molar-refractivity contribution < 1.29 is 9.53 Å². The number of nitrogens with zero attached hydrogens (tertiary/aromatic N) is 1. The molecule has 0 saturated heterocycles. The van der Waals surface area contributed by atoms with Gasteiger partial charge in [0.05, 0.1) is 7.14 Å². The van der Waals surface area contributed by atoms with E-state index in [1.807, 2.05) is 60.7 Å². The van der Waals surface area contributed by atoms with Gasteiger partial charge >= 0.3 is 0 Å². The van der Waals surface area contributed by atoms with Crippen LogP contribution in [0.3, 0.4) is 0 Å². The van der Waals surface area contributed by atoms with Gasteiger partial charge in [-0.05, 0) is 109 Å². The molecule has 0 bridgehead atoms. The lowest BCUT2D eigenvalue weighted by molar-refractivity contribution is -0.112. The van der Waals surface area contributed by atoms with Crippen LogP contribution >= 0.6 is 45.2 Å². The van der Waals surface area contributed by atoms with Gasteiger partial charge in [-0.3, -0.25) is 4.79 Å². The molecule has 0 radical (unpaired) electrons. The van der Waals surface area contributed by atoms with E-state index in [-0.39, 0.29) is 5.57 Å². The van der Waals surface area contributed by atoms with E-state index in [0.717, 1.165) is 30.4 Å². The van der Waals surface area contributed by atoms with E-state index in [1.165, 1.54) is 16.3 Å². The van der Waals surface area contributed by atoms with Crippen LogP contribution in [0.2, 0.25) is 0 Å². The number of amides is 1. The molecule has 1 amide bonds. The molecule has 4 rings (SSSR count). The number of anilines is 1. The van der Waals surface area contributed by atoms with Crippen LogP contribution in [0.5, 0.6) is 5.75 Å². The first kappa shape index (κ1) is 25.2. The number of hydrogen-bond donors (Lipinski definition) is 1. The lowest BCUT2D eigenvalue weighted by Crippen LogP contribution is -2.13. The van der Waals surface area contributed by atoms with Crippen molar-refractivity contribution in [3.8, 4) is 11.8 Å². The maximum absolute atomic E-state index is 12.7. The first-order valence-corrected chi connectivity index (χ1v) is 13.2. The second kappa shape index (κ2) is 11.7. The Labute approximate surface area is 232 Å². The molecular formula is C29H22I2N2O2. The fraction of sp³-hybridized carbons (Fsp3) is 0.103. The molecule has 0 aliphatic heterocycles. The zero-order chi connectivity index (χ0) is 24.8. The zero-order valence-electron chi connectivity index (χ0n) is 19.0. The van der Waals surface area contributed by atoms with E-state index >= 15 is 0 Å². The number of benzene rings is 4. The van der Waals surface area contributed by atoms with Gasteiger partial charge in [0, 0.05) is 5.69 Å². The quantitative estimate of drug-likeness (QED) is 0.123. The molecule has 174 valence electrons. The van der Waals surface area contributed by atoms with Crippen molar-refractivity contribution in [3.05, 3.63) is 108 Å². The molecule has 4 nitrogen and oxygen atoms in total. The predicted octanol–water partition coefficient (Wildman–Crippen LogP) is 7.74. The summed E-state index contributed by atoms with van der Waals surface area (Å²) in [6.45, 7) is 2.53. The Balaban J connectivity index is 1.51. The van der Waals surface area contributed by atoms with E-state index in [9.17, 15) is 10.1 Å². The second-order valence-electron chi connectivity index (χ2n) is 7.92. The van der Waals surface area contributed by atoms with Gasteiger partial charge in [0.2, 0.25) is 0 Å². The highest BCUT2D eigenvalue weighted by atomic mass is 127. The minimum Gasteiger partial charge on any atom is -0.487 e. The van der Waals surface area contributed by atoms with Crippen molar-refractivity contribution in [2.75, 3.05) is 5.32 Å². The van der Waals surface area contributed by atoms with Crippen LogP contribution in [0.15, 0.2) is 84.4 Å². The summed E-state index contributed by atoms with van der Waals surface area (Å²) in [5.74, 6) is 0.355. The lowest BCUT2D eigenvalue weighted by Gasteiger charge is -2.13. The van der Waals surface area contributed by atoms with E-state index in [4.69, 9.17) is 4.74 Å². The summed E-state index contributed by atoms with van der Waals surface area (Å²) in [6, 6.07) is 28.0. The van der Waals surface area contributed by atoms with Crippen LogP contribution in [0.4, 0.5) is 5.69 Å². The summed E-state index contributed by atoms with van der Waals surface area (Å²) >= 11 is 4.46. The van der Waals surface area contributed by atoms with Crippen LogP contribution in [0.1, 0.15) is 23.6 Å². The highest BCUT2D eigenvalue weighted by molar-refractivity contribution is 14.1. The molecule has 0 aromatic heterocycles. The van der Waals surface area contributed by atoms with Crippen LogP contribution in [-0.4, -0.2) is 5.91 Å². The van der Waals surface area contributed by atoms with Crippen LogP contribution in [-0.2, 0) is 17.8 Å². The standard InChI is InChI=1S/C29H22I2N2O2/c1-2-19-10-12-24(13-11-19)33-29(34)23(17-32)14-20-15-26(30)28(27(31)16-20)35-18-22-8-5-7-21-6-3-4-9-25(21)22/h3-16H,2,18H2,1H3,(H,33,34)/b23-14+. The Morgan fingerprint density at radius 1 is 1.00 bits per heavy atom. The van der Waals surface area contributed by atoms with Crippen molar-refractivity contribution in [2.24, 2.45) is 0 Å². The predicted molar refractivity (Wildman–Crippen MR) is 158 cm³/mol. The van der Waals surface area contributed by atoms with Gasteiger partial charge in [-0.15, -0.1) is 0 Å². The number of carbonyl (C=O) groups is 1. The third-order valence-corrected chi connectivity index (χ3v) is 7.17. The smallest absolute Gasteiger partial charge is 0.266 e. The summed E-state index contributed by atoms with van der Waals surface area (Å²) in [7, 11) is 0. The fourth-order valence-corrected chi connectivity index (χ4v) is 5.83. The third kappa shape index (κ3) is 6.21. The Kier molecular flexibility index (Phi) is 8.42. The number of aryl methyl sites for hydroxylation is 1. The third-order valence-electron chi connectivity index (χ3n) is 5.57. The first-order chi connectivity index (χ1) is 17.0. The zero-order valence-corrected chi connectivity index (χ0v) is 23.3. The van der Waals surface area contributed by atoms with Gasteiger partial charge in [-0.25, -0.2) is 0 Å². The molecule has 0 unspecified atom stereocenters. The van der Waals surface area contributed by atoms with Crippen molar-refractivity contribution in [3.63, 3.8) is 0 Å². The summed E-state index contributed by atoms with van der Waals surface area (Å²) in [6.07, 6.45) is 2.53. The number of nitrogens with one attached hydrogen (secondary N) is 1. The van der Waals surface area contributed by atoms with Crippen LogP contribution in [0.25, 0.3) is 16.8 Å².